The number of hydrogen-bond donors (Lipinski definition) is 0. The molecule has 0 spiro atoms. The molecule has 4 heteroatoms. The number of ketones is 1. The Bertz CT molecular complexity index is 678. The standard InChI is InChI=1S/C17H17FO2S/c1-12-3-8-17(9-13(12)2)21(20)11-16(19)10-14-4-6-15(18)7-5-14/h3-9H,10-11H2,1-2H3. The Hall–Kier alpha value is -1.81. The maximum atomic E-state index is 12.8. The Kier molecular flexibility index (Phi) is 5.02. The summed E-state index contributed by atoms with van der Waals surface area (Å²) >= 11 is 0. The summed E-state index contributed by atoms with van der Waals surface area (Å²) in [6.45, 7) is 3.94. The fourth-order valence-corrected chi connectivity index (χ4v) is 3.06. The highest BCUT2D eigenvalue weighted by Gasteiger charge is 2.12. The molecule has 0 bridgehead atoms. The summed E-state index contributed by atoms with van der Waals surface area (Å²) in [5.41, 5.74) is 2.93. The minimum atomic E-state index is -1.33. The van der Waals surface area contributed by atoms with Crippen LogP contribution in [0.25, 0.3) is 0 Å². The Morgan fingerprint density at radius 3 is 2.33 bits per heavy atom. The van der Waals surface area contributed by atoms with Crippen LogP contribution in [-0.4, -0.2) is 15.7 Å². The average molecular weight is 304 g/mol. The molecule has 0 aliphatic rings. The lowest BCUT2D eigenvalue weighted by Crippen LogP contribution is -2.13. The summed E-state index contributed by atoms with van der Waals surface area (Å²) in [5, 5.41) is 0. The Labute approximate surface area is 126 Å². The first-order chi connectivity index (χ1) is 9.95. The van der Waals surface area contributed by atoms with Crippen molar-refractivity contribution < 1.29 is 13.4 Å². The molecule has 0 amide bonds. The van der Waals surface area contributed by atoms with Crippen LogP contribution in [-0.2, 0) is 22.0 Å². The molecule has 110 valence electrons. The molecule has 0 saturated carbocycles. The van der Waals surface area contributed by atoms with Crippen LogP contribution in [0.15, 0.2) is 47.4 Å². The number of Topliss-reactive ketones (excluding diaryl/α,β-unsaturated/α-hetero) is 1. The predicted octanol–water partition coefficient (Wildman–Crippen LogP) is 3.36. The van der Waals surface area contributed by atoms with Gasteiger partial charge in [0.25, 0.3) is 0 Å². The fourth-order valence-electron chi connectivity index (χ4n) is 1.97. The molecular weight excluding hydrogens is 287 g/mol. The second-order valence-corrected chi connectivity index (χ2v) is 6.53. The molecule has 0 radical (unpaired) electrons. The fraction of sp³-hybridized carbons (Fsp3) is 0.235. The number of halogens is 1. The summed E-state index contributed by atoms with van der Waals surface area (Å²) < 4.78 is 25.0. The number of rotatable bonds is 5. The van der Waals surface area contributed by atoms with E-state index in [0.29, 0.717) is 4.90 Å². The van der Waals surface area contributed by atoms with Gasteiger partial charge in [0, 0.05) is 11.3 Å². The van der Waals surface area contributed by atoms with Crippen LogP contribution in [0.5, 0.6) is 0 Å². The third-order valence-electron chi connectivity index (χ3n) is 3.35. The maximum absolute atomic E-state index is 12.8. The molecule has 0 heterocycles. The third-order valence-corrected chi connectivity index (χ3v) is 4.71. The van der Waals surface area contributed by atoms with Gasteiger partial charge < -0.3 is 0 Å². The van der Waals surface area contributed by atoms with E-state index in [1.54, 1.807) is 18.2 Å². The van der Waals surface area contributed by atoms with Crippen molar-refractivity contribution in [1.29, 1.82) is 0 Å². The number of hydrogen-bond acceptors (Lipinski definition) is 2. The predicted molar refractivity (Wildman–Crippen MR) is 82.3 cm³/mol. The van der Waals surface area contributed by atoms with Gasteiger partial charge in [-0.15, -0.1) is 0 Å². The SMILES string of the molecule is Cc1ccc(S(=O)CC(=O)Cc2ccc(F)cc2)cc1C. The van der Waals surface area contributed by atoms with E-state index in [0.717, 1.165) is 16.7 Å². The van der Waals surface area contributed by atoms with E-state index in [9.17, 15) is 13.4 Å². The highest BCUT2D eigenvalue weighted by Crippen LogP contribution is 2.14. The highest BCUT2D eigenvalue weighted by molar-refractivity contribution is 7.85. The first-order valence-electron chi connectivity index (χ1n) is 6.67. The summed E-state index contributed by atoms with van der Waals surface area (Å²) in [4.78, 5) is 12.6. The van der Waals surface area contributed by atoms with Gasteiger partial charge in [0.1, 0.15) is 11.6 Å². The number of carbonyl (C=O) groups excluding carboxylic acids is 1. The van der Waals surface area contributed by atoms with E-state index in [1.807, 2.05) is 26.0 Å². The second kappa shape index (κ2) is 6.76. The van der Waals surface area contributed by atoms with E-state index >= 15 is 0 Å². The second-order valence-electron chi connectivity index (χ2n) is 5.08. The van der Waals surface area contributed by atoms with Crippen molar-refractivity contribution in [2.45, 2.75) is 25.2 Å². The molecule has 2 nitrogen and oxygen atoms in total. The molecule has 0 aromatic heterocycles. The molecule has 0 aliphatic heterocycles. The van der Waals surface area contributed by atoms with Gasteiger partial charge in [-0.3, -0.25) is 9.00 Å². The molecular formula is C17H17FO2S. The number of aryl methyl sites for hydroxylation is 2. The average Bonchev–Trinajstić information content (AvgIpc) is 2.44. The van der Waals surface area contributed by atoms with Crippen LogP contribution < -0.4 is 0 Å². The lowest BCUT2D eigenvalue weighted by atomic mass is 10.1. The van der Waals surface area contributed by atoms with Crippen molar-refractivity contribution in [3.8, 4) is 0 Å². The summed E-state index contributed by atoms with van der Waals surface area (Å²) in [6, 6.07) is 11.4. The number of carbonyl (C=O) groups is 1. The van der Waals surface area contributed by atoms with Crippen molar-refractivity contribution in [3.05, 3.63) is 65.0 Å². The minimum Gasteiger partial charge on any atom is -0.298 e. The highest BCUT2D eigenvalue weighted by atomic mass is 32.2. The maximum Gasteiger partial charge on any atom is 0.150 e. The first-order valence-corrected chi connectivity index (χ1v) is 7.99. The molecule has 2 aromatic carbocycles. The van der Waals surface area contributed by atoms with Gasteiger partial charge in [-0.05, 0) is 54.8 Å². The first kappa shape index (κ1) is 15.6. The van der Waals surface area contributed by atoms with Crippen LogP contribution in [0.1, 0.15) is 16.7 Å². The zero-order chi connectivity index (χ0) is 15.4. The Morgan fingerprint density at radius 2 is 1.71 bits per heavy atom. The quantitative estimate of drug-likeness (QED) is 0.849. The number of benzene rings is 2. The van der Waals surface area contributed by atoms with Crippen LogP contribution in [0, 0.1) is 19.7 Å². The van der Waals surface area contributed by atoms with Crippen LogP contribution in [0.4, 0.5) is 4.39 Å². The van der Waals surface area contributed by atoms with Gasteiger partial charge in [0.05, 0.1) is 16.6 Å². The molecule has 0 fully saturated rings. The van der Waals surface area contributed by atoms with Crippen molar-refractivity contribution in [3.63, 3.8) is 0 Å². The summed E-state index contributed by atoms with van der Waals surface area (Å²) in [6.07, 6.45) is 0.177. The van der Waals surface area contributed by atoms with E-state index in [4.69, 9.17) is 0 Å². The van der Waals surface area contributed by atoms with E-state index in [2.05, 4.69) is 0 Å². The Balaban J connectivity index is 2.00. The van der Waals surface area contributed by atoms with E-state index in [1.165, 1.54) is 12.1 Å². The third kappa shape index (κ3) is 4.33. The molecule has 0 saturated heterocycles. The molecule has 0 N–H and O–H groups in total. The van der Waals surface area contributed by atoms with Gasteiger partial charge in [-0.25, -0.2) is 4.39 Å². The van der Waals surface area contributed by atoms with Gasteiger partial charge in [0.15, 0.2) is 0 Å². The van der Waals surface area contributed by atoms with Crippen LogP contribution >= 0.6 is 0 Å². The molecule has 2 rings (SSSR count). The van der Waals surface area contributed by atoms with Crippen molar-refractivity contribution in [2.75, 3.05) is 5.75 Å². The largest absolute Gasteiger partial charge is 0.298 e. The topological polar surface area (TPSA) is 34.1 Å². The molecule has 1 unspecified atom stereocenters. The van der Waals surface area contributed by atoms with Crippen molar-refractivity contribution in [1.82, 2.24) is 0 Å². The molecule has 1 atom stereocenters. The van der Waals surface area contributed by atoms with Gasteiger partial charge in [-0.1, -0.05) is 18.2 Å². The Morgan fingerprint density at radius 1 is 1.05 bits per heavy atom. The molecule has 21 heavy (non-hydrogen) atoms. The molecule has 2 aromatic rings. The van der Waals surface area contributed by atoms with E-state index in [-0.39, 0.29) is 23.8 Å². The van der Waals surface area contributed by atoms with E-state index < -0.39 is 10.8 Å². The summed E-state index contributed by atoms with van der Waals surface area (Å²) in [7, 11) is -1.33. The summed E-state index contributed by atoms with van der Waals surface area (Å²) in [5.74, 6) is -0.456. The smallest absolute Gasteiger partial charge is 0.150 e. The van der Waals surface area contributed by atoms with Crippen molar-refractivity contribution >= 4 is 16.6 Å². The zero-order valence-corrected chi connectivity index (χ0v) is 12.9. The van der Waals surface area contributed by atoms with Crippen LogP contribution in [0.2, 0.25) is 0 Å². The van der Waals surface area contributed by atoms with Gasteiger partial charge >= 0.3 is 0 Å². The lowest BCUT2D eigenvalue weighted by molar-refractivity contribution is -0.116. The lowest BCUT2D eigenvalue weighted by Gasteiger charge is -2.05. The monoisotopic (exact) mass is 304 g/mol. The van der Waals surface area contributed by atoms with Gasteiger partial charge in [-0.2, -0.15) is 0 Å². The molecule has 0 aliphatic carbocycles. The normalized spacial score (nSPS) is 12.1. The van der Waals surface area contributed by atoms with Gasteiger partial charge in [0.2, 0.25) is 0 Å². The van der Waals surface area contributed by atoms with Crippen LogP contribution in [0.3, 0.4) is 0 Å². The minimum absolute atomic E-state index is 0.0140. The van der Waals surface area contributed by atoms with Crippen molar-refractivity contribution in [2.24, 2.45) is 0 Å². The zero-order valence-electron chi connectivity index (χ0n) is 12.1.